The molecule has 5 heteroatoms. The molecule has 18 heavy (non-hydrogen) atoms. The van der Waals surface area contributed by atoms with Crippen molar-refractivity contribution in [1.82, 2.24) is 4.90 Å². The van der Waals surface area contributed by atoms with Crippen molar-refractivity contribution in [2.24, 2.45) is 5.41 Å². The van der Waals surface area contributed by atoms with Gasteiger partial charge in [-0.15, -0.1) is 0 Å². The van der Waals surface area contributed by atoms with E-state index in [1.807, 2.05) is 0 Å². The number of halogens is 2. The number of carboxylic acid groups (broad SMARTS) is 1. The van der Waals surface area contributed by atoms with Gasteiger partial charge >= 0.3 is 5.97 Å². The minimum Gasteiger partial charge on any atom is -0.481 e. The Morgan fingerprint density at radius 1 is 1.44 bits per heavy atom. The number of aliphatic carboxylic acids is 1. The van der Waals surface area contributed by atoms with Crippen molar-refractivity contribution < 1.29 is 14.3 Å². The SMILES string of the molecule is CN(C)C(c1cc(Br)ccc1F)C(C)(C)C(=O)O. The fourth-order valence-corrected chi connectivity index (χ4v) is 2.53. The first-order chi connectivity index (χ1) is 8.17. The highest BCUT2D eigenvalue weighted by molar-refractivity contribution is 9.10. The van der Waals surface area contributed by atoms with E-state index in [-0.39, 0.29) is 0 Å². The molecule has 0 aliphatic heterocycles. The molecule has 0 radical (unpaired) electrons. The van der Waals surface area contributed by atoms with Crippen molar-refractivity contribution >= 4 is 21.9 Å². The van der Waals surface area contributed by atoms with Gasteiger partial charge in [-0.2, -0.15) is 0 Å². The zero-order valence-electron chi connectivity index (χ0n) is 10.9. The van der Waals surface area contributed by atoms with Crippen LogP contribution in [0.5, 0.6) is 0 Å². The summed E-state index contributed by atoms with van der Waals surface area (Å²) in [6.45, 7) is 3.20. The maximum Gasteiger partial charge on any atom is 0.311 e. The number of benzene rings is 1. The highest BCUT2D eigenvalue weighted by atomic mass is 79.9. The molecule has 0 saturated heterocycles. The predicted molar refractivity (Wildman–Crippen MR) is 71.9 cm³/mol. The fraction of sp³-hybridized carbons (Fsp3) is 0.462. The molecule has 1 atom stereocenters. The summed E-state index contributed by atoms with van der Waals surface area (Å²) in [6, 6.07) is 4.02. The molecule has 0 aliphatic rings. The molecule has 1 rings (SSSR count). The third kappa shape index (κ3) is 2.90. The van der Waals surface area contributed by atoms with Gasteiger partial charge in [0, 0.05) is 10.0 Å². The molecule has 3 nitrogen and oxygen atoms in total. The molecule has 100 valence electrons. The van der Waals surface area contributed by atoms with Crippen LogP contribution in [-0.4, -0.2) is 30.1 Å². The van der Waals surface area contributed by atoms with E-state index < -0.39 is 23.2 Å². The Morgan fingerprint density at radius 3 is 2.44 bits per heavy atom. The summed E-state index contributed by atoms with van der Waals surface area (Å²) >= 11 is 3.28. The quantitative estimate of drug-likeness (QED) is 0.926. The number of carboxylic acids is 1. The van der Waals surface area contributed by atoms with Crippen LogP contribution < -0.4 is 0 Å². The third-order valence-electron chi connectivity index (χ3n) is 3.00. The molecule has 0 spiro atoms. The summed E-state index contributed by atoms with van der Waals surface area (Å²) in [7, 11) is 3.49. The molecular weight excluding hydrogens is 301 g/mol. The van der Waals surface area contributed by atoms with Crippen LogP contribution in [0.2, 0.25) is 0 Å². The lowest BCUT2D eigenvalue weighted by atomic mass is 9.79. The molecule has 0 aromatic heterocycles. The molecule has 1 aromatic carbocycles. The highest BCUT2D eigenvalue weighted by Gasteiger charge is 2.40. The maximum atomic E-state index is 13.9. The lowest BCUT2D eigenvalue weighted by molar-refractivity contribution is -0.150. The van der Waals surface area contributed by atoms with Gasteiger partial charge in [-0.25, -0.2) is 4.39 Å². The van der Waals surface area contributed by atoms with Crippen LogP contribution in [0.4, 0.5) is 4.39 Å². The standard InChI is InChI=1S/C13H17BrFNO2/c1-13(2,12(17)18)11(16(3)4)9-7-8(14)5-6-10(9)15/h5-7,11H,1-4H3,(H,17,18). The summed E-state index contributed by atoms with van der Waals surface area (Å²) in [6.07, 6.45) is 0. The van der Waals surface area contributed by atoms with E-state index in [2.05, 4.69) is 15.9 Å². The van der Waals surface area contributed by atoms with Gasteiger partial charge in [0.1, 0.15) is 5.82 Å². The molecule has 0 bridgehead atoms. The average molecular weight is 318 g/mol. The van der Waals surface area contributed by atoms with Crippen molar-refractivity contribution in [3.8, 4) is 0 Å². The first-order valence-electron chi connectivity index (χ1n) is 5.52. The molecular formula is C13H17BrFNO2. The Balaban J connectivity index is 3.38. The first-order valence-corrected chi connectivity index (χ1v) is 6.32. The van der Waals surface area contributed by atoms with Gasteiger partial charge in [0.15, 0.2) is 0 Å². The topological polar surface area (TPSA) is 40.5 Å². The number of rotatable bonds is 4. The van der Waals surface area contributed by atoms with Crippen molar-refractivity contribution in [3.05, 3.63) is 34.1 Å². The van der Waals surface area contributed by atoms with Crippen molar-refractivity contribution in [3.63, 3.8) is 0 Å². The first kappa shape index (κ1) is 15.1. The summed E-state index contributed by atoms with van der Waals surface area (Å²) in [4.78, 5) is 13.1. The largest absolute Gasteiger partial charge is 0.481 e. The summed E-state index contributed by atoms with van der Waals surface area (Å²) in [5.41, 5.74) is -0.715. The van der Waals surface area contributed by atoms with Crippen LogP contribution in [0.3, 0.4) is 0 Å². The number of hydrogen-bond acceptors (Lipinski definition) is 2. The second-order valence-corrected chi connectivity index (χ2v) is 5.97. The van der Waals surface area contributed by atoms with Crippen molar-refractivity contribution in [2.45, 2.75) is 19.9 Å². The molecule has 0 heterocycles. The van der Waals surface area contributed by atoms with E-state index in [4.69, 9.17) is 0 Å². The van der Waals surface area contributed by atoms with Gasteiger partial charge in [-0.05, 0) is 46.1 Å². The Bertz CT molecular complexity index is 460. The molecule has 1 unspecified atom stereocenters. The van der Waals surface area contributed by atoms with Crippen LogP contribution >= 0.6 is 15.9 Å². The third-order valence-corrected chi connectivity index (χ3v) is 3.50. The van der Waals surface area contributed by atoms with Crippen molar-refractivity contribution in [1.29, 1.82) is 0 Å². The monoisotopic (exact) mass is 317 g/mol. The van der Waals surface area contributed by atoms with E-state index in [0.29, 0.717) is 5.56 Å². The minimum atomic E-state index is -1.09. The van der Waals surface area contributed by atoms with Gasteiger partial charge in [-0.3, -0.25) is 4.79 Å². The Morgan fingerprint density at radius 2 is 2.00 bits per heavy atom. The molecule has 0 aliphatic carbocycles. The van der Waals surface area contributed by atoms with Gasteiger partial charge in [0.2, 0.25) is 0 Å². The normalized spacial score (nSPS) is 13.7. The van der Waals surface area contributed by atoms with Crippen molar-refractivity contribution in [2.75, 3.05) is 14.1 Å². The zero-order chi connectivity index (χ0) is 14.1. The molecule has 0 saturated carbocycles. The maximum absolute atomic E-state index is 13.9. The summed E-state index contributed by atoms with van der Waals surface area (Å²) in [5.74, 6) is -1.35. The average Bonchev–Trinajstić information content (AvgIpc) is 2.22. The highest BCUT2D eigenvalue weighted by Crippen LogP contribution is 2.39. The molecule has 0 fully saturated rings. The van der Waals surface area contributed by atoms with Crippen LogP contribution in [0.1, 0.15) is 25.5 Å². The van der Waals surface area contributed by atoms with E-state index in [1.54, 1.807) is 45.0 Å². The molecule has 0 amide bonds. The summed E-state index contributed by atoms with van der Waals surface area (Å²) < 4.78 is 14.7. The second kappa shape index (κ2) is 5.36. The Hall–Kier alpha value is -0.940. The van der Waals surface area contributed by atoms with Gasteiger partial charge in [0.05, 0.1) is 11.5 Å². The second-order valence-electron chi connectivity index (χ2n) is 5.06. The lowest BCUT2D eigenvalue weighted by Crippen LogP contribution is -2.39. The van der Waals surface area contributed by atoms with Gasteiger partial charge in [0.25, 0.3) is 0 Å². The van der Waals surface area contributed by atoms with E-state index in [1.165, 1.54) is 6.07 Å². The van der Waals surface area contributed by atoms with Crippen LogP contribution in [0.15, 0.2) is 22.7 Å². The smallest absolute Gasteiger partial charge is 0.311 e. The minimum absolute atomic E-state index is 0.377. The van der Waals surface area contributed by atoms with Crippen LogP contribution in [0, 0.1) is 11.2 Å². The fourth-order valence-electron chi connectivity index (χ4n) is 2.15. The Kier molecular flexibility index (Phi) is 4.50. The number of nitrogens with zero attached hydrogens (tertiary/aromatic N) is 1. The summed E-state index contributed by atoms with van der Waals surface area (Å²) in [5, 5.41) is 9.32. The predicted octanol–water partition coefficient (Wildman–Crippen LogP) is 3.30. The van der Waals surface area contributed by atoms with Crippen LogP contribution in [0.25, 0.3) is 0 Å². The zero-order valence-corrected chi connectivity index (χ0v) is 12.5. The number of hydrogen-bond donors (Lipinski definition) is 1. The van der Waals surface area contributed by atoms with Gasteiger partial charge in [-0.1, -0.05) is 15.9 Å². The molecule has 1 N–H and O–H groups in total. The van der Waals surface area contributed by atoms with Crippen LogP contribution in [-0.2, 0) is 4.79 Å². The molecule has 1 aromatic rings. The van der Waals surface area contributed by atoms with E-state index in [0.717, 1.165) is 4.47 Å². The number of carbonyl (C=O) groups is 1. The lowest BCUT2D eigenvalue weighted by Gasteiger charge is -2.36. The van der Waals surface area contributed by atoms with Gasteiger partial charge < -0.3 is 10.0 Å². The van der Waals surface area contributed by atoms with E-state index in [9.17, 15) is 14.3 Å². The van der Waals surface area contributed by atoms with E-state index >= 15 is 0 Å². The Labute approximate surface area is 115 Å².